The van der Waals surface area contributed by atoms with Crippen LogP contribution in [0.2, 0.25) is 0 Å². The minimum Gasteiger partial charge on any atom is -0.325 e. The van der Waals surface area contributed by atoms with Crippen LogP contribution >= 0.6 is 11.8 Å². The van der Waals surface area contributed by atoms with Crippen LogP contribution in [0.25, 0.3) is 0 Å². The fourth-order valence-electron chi connectivity index (χ4n) is 2.52. The number of rotatable bonds is 7. The van der Waals surface area contributed by atoms with Crippen molar-refractivity contribution in [2.45, 2.75) is 30.7 Å². The second-order valence-corrected chi connectivity index (χ2v) is 7.03. The minimum atomic E-state index is -0.521. The highest BCUT2D eigenvalue weighted by molar-refractivity contribution is 8.00. The Balaban J connectivity index is 1.84. The van der Waals surface area contributed by atoms with E-state index in [-0.39, 0.29) is 11.7 Å². The number of Topliss-reactive ketones (excluding diaryl/α,β-unsaturated/α-hetero) is 1. The van der Waals surface area contributed by atoms with Gasteiger partial charge in [0.25, 0.3) is 0 Å². The number of nitrogens with one attached hydrogen (secondary N) is 2. The zero-order valence-electron chi connectivity index (χ0n) is 15.1. The van der Waals surface area contributed by atoms with Crippen molar-refractivity contribution in [1.82, 2.24) is 15.2 Å². The molecule has 0 radical (unpaired) electrons. The molecular formula is C20H20N4O2S. The van der Waals surface area contributed by atoms with Crippen LogP contribution in [0.1, 0.15) is 40.8 Å². The van der Waals surface area contributed by atoms with Gasteiger partial charge in [0, 0.05) is 17.7 Å². The summed E-state index contributed by atoms with van der Waals surface area (Å²) in [6.07, 6.45) is 0.744. The molecule has 3 rings (SSSR count). The number of aryl methyl sites for hydroxylation is 1. The molecule has 2 N–H and O–H groups in total. The molecule has 1 amide bonds. The highest BCUT2D eigenvalue weighted by Crippen LogP contribution is 2.34. The Morgan fingerprint density at radius 1 is 1.15 bits per heavy atom. The highest BCUT2D eigenvalue weighted by Gasteiger charge is 2.24. The molecule has 0 saturated heterocycles. The first kappa shape index (κ1) is 18.8. The molecule has 2 aromatic carbocycles. The van der Waals surface area contributed by atoms with Crippen molar-refractivity contribution in [3.8, 4) is 0 Å². The molecule has 0 aliphatic rings. The fourth-order valence-corrected chi connectivity index (χ4v) is 3.45. The van der Waals surface area contributed by atoms with Gasteiger partial charge in [0.05, 0.1) is 0 Å². The Kier molecular flexibility index (Phi) is 6.03. The van der Waals surface area contributed by atoms with Gasteiger partial charge in [-0.25, -0.2) is 4.98 Å². The molecule has 3 aromatic rings. The van der Waals surface area contributed by atoms with E-state index in [1.54, 1.807) is 24.3 Å². The maximum atomic E-state index is 13.0. The molecule has 1 unspecified atom stereocenters. The normalized spacial score (nSPS) is 11.8. The first-order chi connectivity index (χ1) is 13.1. The van der Waals surface area contributed by atoms with E-state index >= 15 is 0 Å². The third kappa shape index (κ3) is 4.83. The molecule has 0 bridgehead atoms. The molecule has 0 saturated carbocycles. The summed E-state index contributed by atoms with van der Waals surface area (Å²) >= 11 is 1.28. The summed E-state index contributed by atoms with van der Waals surface area (Å²) in [5.74, 6) is 0.529. The second-order valence-electron chi connectivity index (χ2n) is 5.95. The third-order valence-corrected chi connectivity index (χ3v) is 5.06. The number of hydrogen-bond donors (Lipinski definition) is 2. The first-order valence-corrected chi connectivity index (χ1v) is 9.49. The molecule has 27 heavy (non-hydrogen) atoms. The fraction of sp³-hybridized carbons (Fsp3) is 0.200. The number of carbonyl (C=O) groups is 2. The monoisotopic (exact) mass is 380 g/mol. The Hall–Kier alpha value is -2.93. The molecule has 6 nitrogen and oxygen atoms in total. The Morgan fingerprint density at radius 3 is 2.59 bits per heavy atom. The molecule has 1 atom stereocenters. The number of nitrogens with zero attached hydrogens (tertiary/aromatic N) is 2. The molecule has 0 fully saturated rings. The van der Waals surface area contributed by atoms with E-state index in [1.807, 2.05) is 37.3 Å². The quantitative estimate of drug-likeness (QED) is 0.477. The SMILES string of the molecule is CCc1nc(SC(C(=O)Nc2cccc(C(C)=O)c2)c2ccccc2)n[nH]1. The van der Waals surface area contributed by atoms with Crippen LogP contribution in [0.3, 0.4) is 0 Å². The Labute approximate surface area is 161 Å². The smallest absolute Gasteiger partial charge is 0.242 e. The van der Waals surface area contributed by atoms with Crippen LogP contribution in [0.5, 0.6) is 0 Å². The summed E-state index contributed by atoms with van der Waals surface area (Å²) in [6, 6.07) is 16.4. The molecular weight excluding hydrogens is 360 g/mol. The number of thioether (sulfide) groups is 1. The average molecular weight is 380 g/mol. The lowest BCUT2D eigenvalue weighted by Crippen LogP contribution is -2.19. The van der Waals surface area contributed by atoms with Gasteiger partial charge in [-0.1, -0.05) is 61.2 Å². The zero-order chi connectivity index (χ0) is 19.2. The molecule has 1 heterocycles. The van der Waals surface area contributed by atoms with Gasteiger partial charge in [-0.05, 0) is 24.6 Å². The number of benzene rings is 2. The number of anilines is 1. The molecule has 0 aliphatic carbocycles. The lowest BCUT2D eigenvalue weighted by Gasteiger charge is -2.15. The van der Waals surface area contributed by atoms with Crippen molar-refractivity contribution < 1.29 is 9.59 Å². The van der Waals surface area contributed by atoms with Crippen LogP contribution in [0, 0.1) is 0 Å². The standard InChI is InChI=1S/C20H20N4O2S/c1-3-17-22-20(24-23-17)27-18(14-8-5-4-6-9-14)19(26)21-16-11-7-10-15(12-16)13(2)25/h4-12,18H,3H2,1-2H3,(H,21,26)(H,22,23,24). The van der Waals surface area contributed by atoms with Crippen molar-refractivity contribution in [3.05, 3.63) is 71.5 Å². The van der Waals surface area contributed by atoms with E-state index in [2.05, 4.69) is 20.5 Å². The van der Waals surface area contributed by atoms with Gasteiger partial charge < -0.3 is 5.32 Å². The first-order valence-electron chi connectivity index (χ1n) is 8.61. The van der Waals surface area contributed by atoms with Crippen molar-refractivity contribution in [3.63, 3.8) is 0 Å². The molecule has 138 valence electrons. The Morgan fingerprint density at radius 2 is 1.93 bits per heavy atom. The van der Waals surface area contributed by atoms with Crippen LogP contribution in [-0.4, -0.2) is 26.9 Å². The number of ketones is 1. The second kappa shape index (κ2) is 8.64. The van der Waals surface area contributed by atoms with Crippen molar-refractivity contribution in [2.24, 2.45) is 0 Å². The van der Waals surface area contributed by atoms with Crippen LogP contribution in [0.4, 0.5) is 5.69 Å². The molecule has 1 aromatic heterocycles. The lowest BCUT2D eigenvalue weighted by molar-refractivity contribution is -0.115. The van der Waals surface area contributed by atoms with Gasteiger partial charge in [0.15, 0.2) is 5.78 Å². The summed E-state index contributed by atoms with van der Waals surface area (Å²) in [5, 5.41) is 9.95. The van der Waals surface area contributed by atoms with Gasteiger partial charge in [0.1, 0.15) is 11.1 Å². The molecule has 0 spiro atoms. The largest absolute Gasteiger partial charge is 0.325 e. The average Bonchev–Trinajstić information content (AvgIpc) is 3.14. The maximum Gasteiger partial charge on any atom is 0.242 e. The number of aromatic nitrogens is 3. The molecule has 7 heteroatoms. The van der Waals surface area contributed by atoms with E-state index in [4.69, 9.17) is 0 Å². The predicted octanol–water partition coefficient (Wildman–Crippen LogP) is 4.04. The van der Waals surface area contributed by atoms with Gasteiger partial charge >= 0.3 is 0 Å². The predicted molar refractivity (Wildman–Crippen MR) is 106 cm³/mol. The molecule has 0 aliphatic heterocycles. The van der Waals surface area contributed by atoms with Crippen LogP contribution < -0.4 is 5.32 Å². The summed E-state index contributed by atoms with van der Waals surface area (Å²) in [6.45, 7) is 3.48. The van der Waals surface area contributed by atoms with Crippen molar-refractivity contribution in [2.75, 3.05) is 5.32 Å². The lowest BCUT2D eigenvalue weighted by atomic mass is 10.1. The van der Waals surface area contributed by atoms with E-state index in [0.717, 1.165) is 17.8 Å². The van der Waals surface area contributed by atoms with Crippen molar-refractivity contribution >= 4 is 29.1 Å². The van der Waals surface area contributed by atoms with E-state index in [9.17, 15) is 9.59 Å². The Bertz CT molecular complexity index is 940. The van der Waals surface area contributed by atoms with Crippen LogP contribution in [0.15, 0.2) is 59.8 Å². The number of aromatic amines is 1. The number of H-pyrrole nitrogens is 1. The zero-order valence-corrected chi connectivity index (χ0v) is 15.9. The highest BCUT2D eigenvalue weighted by atomic mass is 32.2. The number of amides is 1. The van der Waals surface area contributed by atoms with E-state index < -0.39 is 5.25 Å². The summed E-state index contributed by atoms with van der Waals surface area (Å²) in [4.78, 5) is 29.0. The maximum absolute atomic E-state index is 13.0. The van der Waals surface area contributed by atoms with Crippen LogP contribution in [-0.2, 0) is 11.2 Å². The summed E-state index contributed by atoms with van der Waals surface area (Å²) in [5.41, 5.74) is 1.99. The third-order valence-electron chi connectivity index (χ3n) is 3.95. The summed E-state index contributed by atoms with van der Waals surface area (Å²) in [7, 11) is 0. The van der Waals surface area contributed by atoms with Gasteiger partial charge in [-0.3, -0.25) is 14.7 Å². The topological polar surface area (TPSA) is 87.7 Å². The number of carbonyl (C=O) groups excluding carboxylic acids is 2. The van der Waals surface area contributed by atoms with Gasteiger partial charge in [-0.15, -0.1) is 5.10 Å². The minimum absolute atomic E-state index is 0.0482. The van der Waals surface area contributed by atoms with Crippen molar-refractivity contribution in [1.29, 1.82) is 0 Å². The van der Waals surface area contributed by atoms with E-state index in [1.165, 1.54) is 18.7 Å². The van der Waals surface area contributed by atoms with E-state index in [0.29, 0.717) is 16.4 Å². The van der Waals surface area contributed by atoms with Gasteiger partial charge in [-0.2, -0.15) is 0 Å². The summed E-state index contributed by atoms with van der Waals surface area (Å²) < 4.78 is 0. The number of hydrogen-bond acceptors (Lipinski definition) is 5. The van der Waals surface area contributed by atoms with Gasteiger partial charge in [0.2, 0.25) is 11.1 Å².